The van der Waals surface area contributed by atoms with Gasteiger partial charge in [0.15, 0.2) is 0 Å². The van der Waals surface area contributed by atoms with E-state index in [-0.39, 0.29) is 0 Å². The first-order valence-electron chi connectivity index (χ1n) is 5.68. The van der Waals surface area contributed by atoms with E-state index in [0.717, 1.165) is 19.6 Å². The molecule has 0 aromatic rings. The van der Waals surface area contributed by atoms with E-state index in [1.807, 2.05) is 7.05 Å². The summed E-state index contributed by atoms with van der Waals surface area (Å²) in [5.41, 5.74) is 0. The normalized spacial score (nSPS) is 30.9. The highest BCUT2D eigenvalue weighted by Gasteiger charge is 2.30. The molecule has 0 saturated carbocycles. The number of likely N-dealkylation sites (tertiary alicyclic amines) is 1. The summed E-state index contributed by atoms with van der Waals surface area (Å²) in [5.74, 6) is 1.32. The predicted molar refractivity (Wildman–Crippen MR) is 59.3 cm³/mol. The minimum absolute atomic E-state index is 0.313. The van der Waals surface area contributed by atoms with Crippen LogP contribution >= 0.6 is 0 Å². The molecule has 1 heterocycles. The molecule has 2 N–H and O–H groups in total. The summed E-state index contributed by atoms with van der Waals surface area (Å²) >= 11 is 0. The SMILES string of the molecule is CNCC(C)CN1CCC(C)C1CO. The molecule has 3 unspecified atom stereocenters. The van der Waals surface area contributed by atoms with Crippen molar-refractivity contribution in [2.24, 2.45) is 11.8 Å². The topological polar surface area (TPSA) is 35.5 Å². The smallest absolute Gasteiger partial charge is 0.0589 e. The molecule has 3 heteroatoms. The van der Waals surface area contributed by atoms with Crippen LogP contribution in [0.5, 0.6) is 0 Å². The van der Waals surface area contributed by atoms with Crippen LogP contribution in [-0.4, -0.2) is 49.3 Å². The van der Waals surface area contributed by atoms with E-state index in [1.54, 1.807) is 0 Å². The fourth-order valence-corrected chi connectivity index (χ4v) is 2.42. The van der Waals surface area contributed by atoms with Crippen LogP contribution in [0, 0.1) is 11.8 Å². The number of aliphatic hydroxyl groups excluding tert-OH is 1. The van der Waals surface area contributed by atoms with Crippen LogP contribution in [-0.2, 0) is 0 Å². The van der Waals surface area contributed by atoms with E-state index < -0.39 is 0 Å². The first kappa shape index (κ1) is 12.0. The summed E-state index contributed by atoms with van der Waals surface area (Å²) in [4.78, 5) is 2.44. The molecule has 0 aliphatic carbocycles. The first-order chi connectivity index (χ1) is 6.69. The van der Waals surface area contributed by atoms with Gasteiger partial charge in [-0.2, -0.15) is 0 Å². The van der Waals surface area contributed by atoms with Crippen molar-refractivity contribution in [1.29, 1.82) is 0 Å². The van der Waals surface area contributed by atoms with Crippen molar-refractivity contribution in [3.63, 3.8) is 0 Å². The Morgan fingerprint density at radius 2 is 2.29 bits per heavy atom. The van der Waals surface area contributed by atoms with Crippen molar-refractivity contribution in [1.82, 2.24) is 10.2 Å². The van der Waals surface area contributed by atoms with Crippen molar-refractivity contribution in [2.45, 2.75) is 26.3 Å². The third-order valence-electron chi connectivity index (χ3n) is 3.28. The van der Waals surface area contributed by atoms with Gasteiger partial charge in [-0.25, -0.2) is 0 Å². The van der Waals surface area contributed by atoms with Crippen LogP contribution in [0.4, 0.5) is 0 Å². The molecule has 14 heavy (non-hydrogen) atoms. The monoisotopic (exact) mass is 200 g/mol. The lowest BCUT2D eigenvalue weighted by Crippen LogP contribution is -2.39. The van der Waals surface area contributed by atoms with Gasteiger partial charge in [-0.15, -0.1) is 0 Å². The maximum atomic E-state index is 9.29. The Morgan fingerprint density at radius 1 is 1.57 bits per heavy atom. The van der Waals surface area contributed by atoms with Gasteiger partial charge in [-0.05, 0) is 38.4 Å². The second-order valence-electron chi connectivity index (χ2n) is 4.67. The molecule has 3 nitrogen and oxygen atoms in total. The summed E-state index contributed by atoms with van der Waals surface area (Å²) < 4.78 is 0. The zero-order valence-corrected chi connectivity index (χ0v) is 9.66. The molecule has 0 aromatic carbocycles. The highest BCUT2D eigenvalue weighted by atomic mass is 16.3. The summed E-state index contributed by atoms with van der Waals surface area (Å²) in [6.45, 7) is 8.13. The van der Waals surface area contributed by atoms with E-state index in [4.69, 9.17) is 0 Å². The Morgan fingerprint density at radius 3 is 2.86 bits per heavy atom. The zero-order valence-electron chi connectivity index (χ0n) is 9.66. The van der Waals surface area contributed by atoms with Crippen LogP contribution in [0.2, 0.25) is 0 Å². The lowest BCUT2D eigenvalue weighted by molar-refractivity contribution is 0.127. The maximum absolute atomic E-state index is 9.29. The van der Waals surface area contributed by atoms with E-state index in [1.165, 1.54) is 6.42 Å². The molecule has 0 aromatic heterocycles. The fourth-order valence-electron chi connectivity index (χ4n) is 2.42. The molecule has 0 radical (unpaired) electrons. The molecular formula is C11H24N2O. The highest BCUT2D eigenvalue weighted by Crippen LogP contribution is 2.24. The average molecular weight is 200 g/mol. The molecule has 1 rings (SSSR count). The Bertz CT molecular complexity index is 163. The molecule has 1 saturated heterocycles. The predicted octanol–water partition coefficient (Wildman–Crippen LogP) is 0.545. The van der Waals surface area contributed by atoms with Gasteiger partial charge in [-0.1, -0.05) is 13.8 Å². The van der Waals surface area contributed by atoms with E-state index >= 15 is 0 Å². The summed E-state index contributed by atoms with van der Waals surface area (Å²) in [6, 6.07) is 0.398. The Labute approximate surface area is 87.5 Å². The average Bonchev–Trinajstić information content (AvgIpc) is 2.47. The second-order valence-corrected chi connectivity index (χ2v) is 4.67. The zero-order chi connectivity index (χ0) is 10.6. The third kappa shape index (κ3) is 2.94. The van der Waals surface area contributed by atoms with E-state index in [0.29, 0.717) is 24.5 Å². The van der Waals surface area contributed by atoms with Crippen LogP contribution in [0.25, 0.3) is 0 Å². The standard InChI is InChI=1S/C11H24N2O/c1-9(6-12-3)7-13-5-4-10(2)11(13)8-14/h9-12,14H,4-8H2,1-3H3. The number of hydrogen-bond donors (Lipinski definition) is 2. The van der Waals surface area contributed by atoms with Crippen molar-refractivity contribution >= 4 is 0 Å². The minimum atomic E-state index is 0.313. The molecule has 1 aliphatic rings. The van der Waals surface area contributed by atoms with Crippen molar-refractivity contribution in [3.05, 3.63) is 0 Å². The molecule has 3 atom stereocenters. The molecule has 1 aliphatic heterocycles. The lowest BCUT2D eigenvalue weighted by Gasteiger charge is -2.27. The van der Waals surface area contributed by atoms with Gasteiger partial charge in [0.1, 0.15) is 0 Å². The molecule has 0 bridgehead atoms. The highest BCUT2D eigenvalue weighted by molar-refractivity contribution is 4.84. The van der Waals surface area contributed by atoms with Gasteiger partial charge in [0.05, 0.1) is 6.61 Å². The van der Waals surface area contributed by atoms with Crippen molar-refractivity contribution < 1.29 is 5.11 Å². The number of nitrogens with zero attached hydrogens (tertiary/aromatic N) is 1. The van der Waals surface area contributed by atoms with E-state index in [9.17, 15) is 5.11 Å². The number of hydrogen-bond acceptors (Lipinski definition) is 3. The van der Waals surface area contributed by atoms with Gasteiger partial charge in [0.25, 0.3) is 0 Å². The first-order valence-corrected chi connectivity index (χ1v) is 5.68. The van der Waals surface area contributed by atoms with Gasteiger partial charge in [-0.3, -0.25) is 4.90 Å². The van der Waals surface area contributed by atoms with Gasteiger partial charge < -0.3 is 10.4 Å². The largest absolute Gasteiger partial charge is 0.395 e. The van der Waals surface area contributed by atoms with Crippen molar-refractivity contribution in [3.8, 4) is 0 Å². The minimum Gasteiger partial charge on any atom is -0.395 e. The number of rotatable bonds is 5. The Hall–Kier alpha value is -0.120. The maximum Gasteiger partial charge on any atom is 0.0589 e. The second kappa shape index (κ2) is 5.69. The number of nitrogens with one attached hydrogen (secondary N) is 1. The van der Waals surface area contributed by atoms with Crippen LogP contribution in [0.15, 0.2) is 0 Å². The van der Waals surface area contributed by atoms with Crippen molar-refractivity contribution in [2.75, 3.05) is 33.3 Å². The quantitative estimate of drug-likeness (QED) is 0.680. The lowest BCUT2D eigenvalue weighted by atomic mass is 10.0. The fraction of sp³-hybridized carbons (Fsp3) is 1.00. The van der Waals surface area contributed by atoms with Crippen LogP contribution in [0.3, 0.4) is 0 Å². The third-order valence-corrected chi connectivity index (χ3v) is 3.28. The Balaban J connectivity index is 2.36. The molecule has 1 fully saturated rings. The van der Waals surface area contributed by atoms with Gasteiger partial charge in [0, 0.05) is 12.6 Å². The summed E-state index contributed by atoms with van der Waals surface area (Å²) in [7, 11) is 1.99. The number of aliphatic hydroxyl groups is 1. The van der Waals surface area contributed by atoms with E-state index in [2.05, 4.69) is 24.1 Å². The van der Waals surface area contributed by atoms with Gasteiger partial charge >= 0.3 is 0 Å². The molecule has 84 valence electrons. The van der Waals surface area contributed by atoms with Crippen LogP contribution in [0.1, 0.15) is 20.3 Å². The van der Waals surface area contributed by atoms with Gasteiger partial charge in [0.2, 0.25) is 0 Å². The van der Waals surface area contributed by atoms with Crippen LogP contribution < -0.4 is 5.32 Å². The molecule has 0 spiro atoms. The molecule has 0 amide bonds. The summed E-state index contributed by atoms with van der Waals surface area (Å²) in [5, 5.41) is 12.5. The molecular weight excluding hydrogens is 176 g/mol. The Kier molecular flexibility index (Phi) is 4.85. The summed E-state index contributed by atoms with van der Waals surface area (Å²) in [6.07, 6.45) is 1.23.